The Balaban J connectivity index is 1.92. The van der Waals surface area contributed by atoms with Gasteiger partial charge < -0.3 is 10.4 Å². The normalized spacial score (nSPS) is 15.8. The fraction of sp³-hybridized carbons (Fsp3) is 0.467. The number of hydrogen-bond donors (Lipinski definition) is 2. The van der Waals surface area contributed by atoms with Gasteiger partial charge in [0, 0.05) is 18.4 Å². The van der Waals surface area contributed by atoms with Crippen molar-refractivity contribution in [2.75, 3.05) is 0 Å². The van der Waals surface area contributed by atoms with E-state index in [0.717, 1.165) is 18.4 Å². The molecule has 1 aliphatic carbocycles. The van der Waals surface area contributed by atoms with Crippen LogP contribution >= 0.6 is 0 Å². The van der Waals surface area contributed by atoms with E-state index in [4.69, 9.17) is 5.11 Å². The molecular weight excluding hydrogens is 242 g/mol. The molecule has 1 atom stereocenters. The largest absolute Gasteiger partial charge is 0.481 e. The molecular formula is C15H19NO3. The Morgan fingerprint density at radius 2 is 1.95 bits per heavy atom. The van der Waals surface area contributed by atoms with Gasteiger partial charge >= 0.3 is 5.97 Å². The SMILES string of the molecule is O=C(O)CCC(Cc1ccccc1)NC(=O)C1CC1. The molecule has 0 radical (unpaired) electrons. The number of benzene rings is 1. The second kappa shape index (κ2) is 6.36. The molecule has 0 spiro atoms. The van der Waals surface area contributed by atoms with Gasteiger partial charge in [0.05, 0.1) is 0 Å². The molecule has 1 fully saturated rings. The summed E-state index contributed by atoms with van der Waals surface area (Å²) in [5.74, 6) is -0.590. The second-order valence-corrected chi connectivity index (χ2v) is 5.10. The number of aliphatic carboxylic acids is 1. The van der Waals surface area contributed by atoms with Crippen molar-refractivity contribution in [3.05, 3.63) is 35.9 Å². The van der Waals surface area contributed by atoms with E-state index in [1.807, 2.05) is 30.3 Å². The van der Waals surface area contributed by atoms with Gasteiger partial charge in [-0.15, -0.1) is 0 Å². The summed E-state index contributed by atoms with van der Waals surface area (Å²) in [5.41, 5.74) is 1.12. The van der Waals surface area contributed by atoms with Crippen LogP contribution in [0.1, 0.15) is 31.2 Å². The lowest BCUT2D eigenvalue weighted by molar-refractivity contribution is -0.137. The zero-order valence-corrected chi connectivity index (χ0v) is 10.8. The molecule has 0 aliphatic heterocycles. The van der Waals surface area contributed by atoms with Crippen molar-refractivity contribution in [3.8, 4) is 0 Å². The third-order valence-corrected chi connectivity index (χ3v) is 3.33. The van der Waals surface area contributed by atoms with E-state index < -0.39 is 5.97 Å². The highest BCUT2D eigenvalue weighted by atomic mass is 16.4. The highest BCUT2D eigenvalue weighted by molar-refractivity contribution is 5.81. The predicted octanol–water partition coefficient (Wildman–Crippen LogP) is 1.99. The molecule has 2 rings (SSSR count). The summed E-state index contributed by atoms with van der Waals surface area (Å²) in [6.45, 7) is 0. The average molecular weight is 261 g/mol. The maximum absolute atomic E-state index is 11.8. The van der Waals surface area contributed by atoms with E-state index in [1.165, 1.54) is 0 Å². The van der Waals surface area contributed by atoms with Crippen LogP contribution in [0, 0.1) is 5.92 Å². The van der Waals surface area contributed by atoms with Crippen molar-refractivity contribution in [2.45, 2.75) is 38.1 Å². The number of rotatable bonds is 7. The van der Waals surface area contributed by atoms with Crippen LogP contribution in [0.5, 0.6) is 0 Å². The van der Waals surface area contributed by atoms with Crippen molar-refractivity contribution in [1.82, 2.24) is 5.32 Å². The first-order valence-electron chi connectivity index (χ1n) is 6.71. The number of carbonyl (C=O) groups excluding carboxylic acids is 1. The van der Waals surface area contributed by atoms with E-state index in [1.54, 1.807) is 0 Å². The molecule has 2 N–H and O–H groups in total. The monoisotopic (exact) mass is 261 g/mol. The Morgan fingerprint density at radius 3 is 2.53 bits per heavy atom. The molecule has 0 bridgehead atoms. The zero-order chi connectivity index (χ0) is 13.7. The molecule has 1 saturated carbocycles. The van der Waals surface area contributed by atoms with Crippen LogP contribution in [-0.2, 0) is 16.0 Å². The van der Waals surface area contributed by atoms with Gasteiger partial charge in [-0.05, 0) is 31.2 Å². The lowest BCUT2D eigenvalue weighted by Gasteiger charge is -2.18. The molecule has 4 nitrogen and oxygen atoms in total. The Morgan fingerprint density at radius 1 is 1.26 bits per heavy atom. The molecule has 0 aromatic heterocycles. The lowest BCUT2D eigenvalue weighted by Crippen LogP contribution is -2.37. The van der Waals surface area contributed by atoms with Crippen LogP contribution in [0.2, 0.25) is 0 Å². The Bertz CT molecular complexity index is 440. The van der Waals surface area contributed by atoms with Crippen LogP contribution in [0.15, 0.2) is 30.3 Å². The maximum Gasteiger partial charge on any atom is 0.303 e. The smallest absolute Gasteiger partial charge is 0.303 e. The van der Waals surface area contributed by atoms with E-state index in [0.29, 0.717) is 12.8 Å². The van der Waals surface area contributed by atoms with Gasteiger partial charge in [-0.25, -0.2) is 0 Å². The molecule has 4 heteroatoms. The molecule has 1 amide bonds. The summed E-state index contributed by atoms with van der Waals surface area (Å²) in [4.78, 5) is 22.5. The number of carboxylic acids is 1. The first kappa shape index (κ1) is 13.6. The third kappa shape index (κ3) is 4.73. The minimum atomic E-state index is -0.821. The highest BCUT2D eigenvalue weighted by Gasteiger charge is 2.30. The van der Waals surface area contributed by atoms with Crippen molar-refractivity contribution >= 4 is 11.9 Å². The van der Waals surface area contributed by atoms with Gasteiger partial charge in [-0.2, -0.15) is 0 Å². The van der Waals surface area contributed by atoms with Crippen LogP contribution in [0.3, 0.4) is 0 Å². The molecule has 19 heavy (non-hydrogen) atoms. The van der Waals surface area contributed by atoms with Crippen LogP contribution < -0.4 is 5.32 Å². The van der Waals surface area contributed by atoms with E-state index in [9.17, 15) is 9.59 Å². The van der Waals surface area contributed by atoms with Crippen LogP contribution in [-0.4, -0.2) is 23.0 Å². The van der Waals surface area contributed by atoms with E-state index in [-0.39, 0.29) is 24.3 Å². The topological polar surface area (TPSA) is 66.4 Å². The quantitative estimate of drug-likeness (QED) is 0.788. The zero-order valence-electron chi connectivity index (χ0n) is 10.8. The fourth-order valence-electron chi connectivity index (χ4n) is 2.09. The summed E-state index contributed by atoms with van der Waals surface area (Å²) in [7, 11) is 0. The Labute approximate surface area is 112 Å². The lowest BCUT2D eigenvalue weighted by atomic mass is 10.0. The first-order chi connectivity index (χ1) is 9.15. The number of nitrogens with one attached hydrogen (secondary N) is 1. The first-order valence-corrected chi connectivity index (χ1v) is 6.71. The summed E-state index contributed by atoms with van der Waals surface area (Å²) in [6, 6.07) is 9.75. The van der Waals surface area contributed by atoms with Crippen molar-refractivity contribution < 1.29 is 14.7 Å². The number of carboxylic acid groups (broad SMARTS) is 1. The van der Waals surface area contributed by atoms with Gasteiger partial charge in [-0.3, -0.25) is 9.59 Å². The van der Waals surface area contributed by atoms with Gasteiger partial charge in [-0.1, -0.05) is 30.3 Å². The third-order valence-electron chi connectivity index (χ3n) is 3.33. The summed E-state index contributed by atoms with van der Waals surface area (Å²) < 4.78 is 0. The summed E-state index contributed by atoms with van der Waals surface area (Å²) in [6.07, 6.45) is 3.17. The molecule has 0 saturated heterocycles. The number of hydrogen-bond acceptors (Lipinski definition) is 2. The standard InChI is InChI=1S/C15H19NO3/c17-14(18)9-8-13(16-15(19)12-6-7-12)10-11-4-2-1-3-5-11/h1-5,12-13H,6-10H2,(H,16,19)(H,17,18). The molecule has 1 aromatic rings. The van der Waals surface area contributed by atoms with Crippen molar-refractivity contribution in [1.29, 1.82) is 0 Å². The van der Waals surface area contributed by atoms with Crippen LogP contribution in [0.25, 0.3) is 0 Å². The Kier molecular flexibility index (Phi) is 4.55. The predicted molar refractivity (Wildman–Crippen MR) is 71.7 cm³/mol. The summed E-state index contributed by atoms with van der Waals surface area (Å²) >= 11 is 0. The average Bonchev–Trinajstić information content (AvgIpc) is 3.21. The van der Waals surface area contributed by atoms with E-state index in [2.05, 4.69) is 5.32 Å². The van der Waals surface area contributed by atoms with Crippen molar-refractivity contribution in [3.63, 3.8) is 0 Å². The van der Waals surface area contributed by atoms with Crippen LogP contribution in [0.4, 0.5) is 0 Å². The van der Waals surface area contributed by atoms with Gasteiger partial charge in [0.15, 0.2) is 0 Å². The van der Waals surface area contributed by atoms with E-state index >= 15 is 0 Å². The summed E-state index contributed by atoms with van der Waals surface area (Å²) in [5, 5.41) is 11.8. The molecule has 102 valence electrons. The van der Waals surface area contributed by atoms with Gasteiger partial charge in [0.1, 0.15) is 0 Å². The minimum absolute atomic E-state index is 0.0753. The molecule has 1 unspecified atom stereocenters. The second-order valence-electron chi connectivity index (χ2n) is 5.10. The maximum atomic E-state index is 11.8. The highest BCUT2D eigenvalue weighted by Crippen LogP contribution is 2.29. The van der Waals surface area contributed by atoms with Gasteiger partial charge in [0.25, 0.3) is 0 Å². The number of carbonyl (C=O) groups is 2. The molecule has 0 heterocycles. The molecule has 1 aromatic carbocycles. The number of amides is 1. The van der Waals surface area contributed by atoms with Gasteiger partial charge in [0.2, 0.25) is 5.91 Å². The fourth-order valence-corrected chi connectivity index (χ4v) is 2.09. The van der Waals surface area contributed by atoms with Crippen molar-refractivity contribution in [2.24, 2.45) is 5.92 Å². The minimum Gasteiger partial charge on any atom is -0.481 e. The molecule has 1 aliphatic rings. The Hall–Kier alpha value is -1.84.